The topological polar surface area (TPSA) is 54.0 Å². The van der Waals surface area contributed by atoms with Crippen LogP contribution in [0.15, 0.2) is 139 Å². The number of hydrogen-bond acceptors (Lipinski definition) is 2. The second-order valence-corrected chi connectivity index (χ2v) is 16.1. The fourth-order valence-corrected chi connectivity index (χ4v) is 7.79. The van der Waals surface area contributed by atoms with Gasteiger partial charge < -0.3 is 9.97 Å². The van der Waals surface area contributed by atoms with Crippen LogP contribution < -0.4 is 9.97 Å². The average molecular weight is 987 g/mol. The molecule has 0 radical (unpaired) electrons. The molecule has 0 amide bonds. The molecule has 4 nitrogen and oxygen atoms in total. The zero-order chi connectivity index (χ0) is 35.3. The number of nitrogens with zero attached hydrogens (tertiary/aromatic N) is 4. The predicted octanol–water partition coefficient (Wildman–Crippen LogP) is 13.6. The van der Waals surface area contributed by atoms with Crippen molar-refractivity contribution in [3.63, 3.8) is 0 Å². The molecule has 9 heteroatoms. The van der Waals surface area contributed by atoms with Gasteiger partial charge >= 0.3 is 16.5 Å². The van der Waals surface area contributed by atoms with Crippen LogP contribution >= 0.6 is 63.7 Å². The Balaban J connectivity index is 0.00000400. The van der Waals surface area contributed by atoms with E-state index in [1.165, 1.54) is 0 Å². The van der Waals surface area contributed by atoms with E-state index in [4.69, 9.17) is 19.9 Å². The van der Waals surface area contributed by atoms with Crippen LogP contribution in [-0.2, 0) is 16.5 Å². The third-order valence-corrected chi connectivity index (χ3v) is 11.3. The summed E-state index contributed by atoms with van der Waals surface area (Å²) in [5, 5.41) is 0. The Morgan fingerprint density at radius 3 is 0.717 bits per heavy atom. The molecule has 2 aliphatic heterocycles. The van der Waals surface area contributed by atoms with Crippen molar-refractivity contribution >= 4 is 110 Å². The van der Waals surface area contributed by atoms with Crippen molar-refractivity contribution in [2.75, 3.05) is 0 Å². The molecule has 53 heavy (non-hydrogen) atoms. The SMILES string of the molecule is Brc1ccc(-c2c3nc(c(-c4ccc(Br)cc4)c4ccc([n-]4)c(-c4ccc(Br)cc4)c4nc(c(-c5ccc(Br)cc5)c5ccc2[n-]5)C=C4)C=C3)cc1.[Ni+2]. The first kappa shape index (κ1) is 35.9. The Labute approximate surface area is 350 Å². The first-order chi connectivity index (χ1) is 25.4. The number of hydrogen-bond donors (Lipinski definition) is 0. The first-order valence-electron chi connectivity index (χ1n) is 16.5. The van der Waals surface area contributed by atoms with E-state index in [0.717, 1.165) is 107 Å². The second-order valence-electron chi connectivity index (χ2n) is 12.4. The quantitative estimate of drug-likeness (QED) is 0.165. The monoisotopic (exact) mass is 982 g/mol. The van der Waals surface area contributed by atoms with Crippen molar-refractivity contribution in [2.45, 2.75) is 0 Å². The van der Waals surface area contributed by atoms with E-state index in [-0.39, 0.29) is 16.5 Å². The Hall–Kier alpha value is -4.11. The molecular weight excluding hydrogens is 963 g/mol. The molecule has 0 aliphatic carbocycles. The fourth-order valence-electron chi connectivity index (χ4n) is 6.74. The molecule has 0 N–H and O–H groups in total. The minimum atomic E-state index is 0. The molecule has 0 atom stereocenters. The molecule has 0 fully saturated rings. The molecule has 0 spiro atoms. The summed E-state index contributed by atoms with van der Waals surface area (Å²) in [6, 6.07) is 41.6. The second kappa shape index (κ2) is 15.0. The summed E-state index contributed by atoms with van der Waals surface area (Å²) in [5.41, 5.74) is 14.5. The van der Waals surface area contributed by atoms with Gasteiger partial charge in [-0.05, 0) is 117 Å². The van der Waals surface area contributed by atoms with Crippen LogP contribution in [-0.4, -0.2) is 9.97 Å². The van der Waals surface area contributed by atoms with Crippen molar-refractivity contribution in [1.82, 2.24) is 19.9 Å². The number of benzene rings is 4. The van der Waals surface area contributed by atoms with Gasteiger partial charge in [-0.15, -0.1) is 22.1 Å². The summed E-state index contributed by atoms with van der Waals surface area (Å²) in [6.07, 6.45) is 8.35. The van der Waals surface area contributed by atoms with Gasteiger partial charge in [0.25, 0.3) is 0 Å². The Kier molecular flexibility index (Phi) is 10.1. The molecule has 2 aliphatic rings. The maximum atomic E-state index is 5.34. The molecule has 4 aromatic carbocycles. The van der Waals surface area contributed by atoms with Gasteiger partial charge in [0.15, 0.2) is 0 Å². The van der Waals surface area contributed by atoms with Crippen LogP contribution in [0.5, 0.6) is 0 Å². The maximum Gasteiger partial charge on any atom is 2.00 e. The van der Waals surface area contributed by atoms with Gasteiger partial charge in [0.05, 0.1) is 22.8 Å². The van der Waals surface area contributed by atoms with E-state index in [1.807, 2.05) is 0 Å². The first-order valence-corrected chi connectivity index (χ1v) is 19.6. The molecule has 3 aromatic heterocycles. The van der Waals surface area contributed by atoms with Crippen LogP contribution in [0.3, 0.4) is 0 Å². The van der Waals surface area contributed by atoms with Crippen molar-refractivity contribution < 1.29 is 16.5 Å². The largest absolute Gasteiger partial charge is 2.00 e. The van der Waals surface area contributed by atoms with Gasteiger partial charge in [-0.25, -0.2) is 9.97 Å². The van der Waals surface area contributed by atoms with E-state index in [2.05, 4.69) is 209 Å². The van der Waals surface area contributed by atoms with Crippen molar-refractivity contribution in [2.24, 2.45) is 0 Å². The standard InChI is InChI=1S/C44H24Br4N4.Ni/c45-29-9-1-25(2-10-29)41-33-17-19-35(49-33)42(26-3-11-30(46)12-4-26)37-21-23-39(51-37)44(28-7-15-32(48)16-8-28)40-24-22-38(52-40)43(36-20-18-34(41)50-36)27-5-13-31(47)14-6-27;/h1-24H;/q-2;+2. The number of aromatic nitrogens is 4. The van der Waals surface area contributed by atoms with E-state index < -0.39 is 0 Å². The third kappa shape index (κ3) is 7.02. The summed E-state index contributed by atoms with van der Waals surface area (Å²) in [6.45, 7) is 0. The molecule has 258 valence electrons. The maximum absolute atomic E-state index is 5.34. The predicted molar refractivity (Wildman–Crippen MR) is 229 cm³/mol. The smallest absolute Gasteiger partial charge is 0.657 e. The summed E-state index contributed by atoms with van der Waals surface area (Å²) >= 11 is 14.5. The van der Waals surface area contributed by atoms with Crippen LogP contribution in [0.25, 0.3) is 90.9 Å². The van der Waals surface area contributed by atoms with Crippen LogP contribution in [0.2, 0.25) is 0 Å². The Morgan fingerprint density at radius 2 is 0.509 bits per heavy atom. The van der Waals surface area contributed by atoms with Crippen molar-refractivity contribution in [3.8, 4) is 44.5 Å². The molecule has 8 bridgehead atoms. The van der Waals surface area contributed by atoms with Gasteiger partial charge in [-0.2, -0.15) is 0 Å². The Morgan fingerprint density at radius 1 is 0.302 bits per heavy atom. The van der Waals surface area contributed by atoms with Crippen LogP contribution in [0.4, 0.5) is 0 Å². The molecule has 7 aromatic rings. The molecule has 0 unspecified atom stereocenters. The third-order valence-electron chi connectivity index (χ3n) is 9.14. The average Bonchev–Trinajstić information content (AvgIpc) is 3.99. The van der Waals surface area contributed by atoms with Gasteiger partial charge in [0, 0.05) is 17.9 Å². The minimum absolute atomic E-state index is 0. The van der Waals surface area contributed by atoms with E-state index >= 15 is 0 Å². The number of fused-ring (bicyclic) bond motifs is 8. The normalized spacial score (nSPS) is 11.8. The van der Waals surface area contributed by atoms with Gasteiger partial charge in [-0.3, -0.25) is 0 Å². The van der Waals surface area contributed by atoms with Gasteiger partial charge in [-0.1, -0.05) is 137 Å². The summed E-state index contributed by atoms with van der Waals surface area (Å²) in [7, 11) is 0. The summed E-state index contributed by atoms with van der Waals surface area (Å²) in [4.78, 5) is 21.4. The molecule has 9 rings (SSSR count). The van der Waals surface area contributed by atoms with Crippen molar-refractivity contribution in [1.29, 1.82) is 0 Å². The van der Waals surface area contributed by atoms with Gasteiger partial charge in [0.1, 0.15) is 0 Å². The minimum Gasteiger partial charge on any atom is -0.657 e. The summed E-state index contributed by atoms with van der Waals surface area (Å²) < 4.78 is 4.02. The van der Waals surface area contributed by atoms with E-state index in [9.17, 15) is 0 Å². The van der Waals surface area contributed by atoms with Gasteiger partial charge in [0.2, 0.25) is 0 Å². The van der Waals surface area contributed by atoms with Crippen LogP contribution in [0.1, 0.15) is 22.8 Å². The Bertz CT molecular complexity index is 2370. The number of halogens is 4. The molecular formula is C44H24Br4N4Ni. The van der Waals surface area contributed by atoms with Crippen LogP contribution in [0, 0.1) is 0 Å². The molecule has 0 saturated heterocycles. The molecule has 5 heterocycles. The number of rotatable bonds is 4. The molecule has 0 saturated carbocycles. The fraction of sp³-hybridized carbons (Fsp3) is 0. The van der Waals surface area contributed by atoms with E-state index in [0.29, 0.717) is 0 Å². The van der Waals surface area contributed by atoms with Crippen molar-refractivity contribution in [3.05, 3.63) is 162 Å². The van der Waals surface area contributed by atoms with E-state index in [1.54, 1.807) is 0 Å². The summed E-state index contributed by atoms with van der Waals surface area (Å²) in [5.74, 6) is 0. The zero-order valence-electron chi connectivity index (χ0n) is 27.5. The zero-order valence-corrected chi connectivity index (χ0v) is 34.8.